The first-order chi connectivity index (χ1) is 13.1. The predicted molar refractivity (Wildman–Crippen MR) is 110 cm³/mol. The van der Waals surface area contributed by atoms with Crippen molar-refractivity contribution in [3.05, 3.63) is 0 Å². The van der Waals surface area contributed by atoms with Crippen molar-refractivity contribution in [2.75, 3.05) is 60.0 Å². The second-order valence-electron chi connectivity index (χ2n) is 7.97. The maximum atomic E-state index is 11.9. The molecular weight excluding hydrogens is 342 g/mol. The van der Waals surface area contributed by atoms with E-state index in [2.05, 4.69) is 27.4 Å². The van der Waals surface area contributed by atoms with Gasteiger partial charge >= 0.3 is 0 Å². The normalized spacial score (nSPS) is 24.5. The van der Waals surface area contributed by atoms with E-state index in [9.17, 15) is 4.79 Å². The van der Waals surface area contributed by atoms with Crippen LogP contribution in [-0.4, -0.2) is 87.7 Å². The highest BCUT2D eigenvalue weighted by molar-refractivity contribution is 5.84. The average Bonchev–Trinajstić information content (AvgIpc) is 2.69. The fraction of sp³-hybridized carbons (Fsp3) is 0.900. The highest BCUT2D eigenvalue weighted by Gasteiger charge is 2.21. The number of nitrogens with one attached hydrogen (secondary N) is 2. The standard InChI is InChI=1S/C20H39N5O2/c1-4-17-7-5-8-18(15-17)23-20(22-16-19(26)24(2)3)21-9-6-10-25-11-13-27-14-12-25/h17-18H,4-16H2,1-3H3,(H2,21,22,23). The molecule has 156 valence electrons. The van der Waals surface area contributed by atoms with Gasteiger partial charge in [-0.25, -0.2) is 4.99 Å². The zero-order chi connectivity index (χ0) is 19.5. The van der Waals surface area contributed by atoms with Crippen LogP contribution in [0.2, 0.25) is 0 Å². The maximum absolute atomic E-state index is 11.9. The van der Waals surface area contributed by atoms with Crippen LogP contribution < -0.4 is 10.6 Å². The van der Waals surface area contributed by atoms with Crippen molar-refractivity contribution < 1.29 is 9.53 Å². The Morgan fingerprint density at radius 2 is 2.04 bits per heavy atom. The van der Waals surface area contributed by atoms with Crippen molar-refractivity contribution in [3.8, 4) is 0 Å². The van der Waals surface area contributed by atoms with E-state index in [1.54, 1.807) is 19.0 Å². The summed E-state index contributed by atoms with van der Waals surface area (Å²) in [6.45, 7) is 8.14. The van der Waals surface area contributed by atoms with Gasteiger partial charge in [-0.2, -0.15) is 0 Å². The number of hydrogen-bond acceptors (Lipinski definition) is 4. The van der Waals surface area contributed by atoms with Gasteiger partial charge in [0.05, 0.1) is 13.2 Å². The summed E-state index contributed by atoms with van der Waals surface area (Å²) in [7, 11) is 3.54. The molecule has 0 spiro atoms. The van der Waals surface area contributed by atoms with Gasteiger partial charge in [0.15, 0.2) is 5.96 Å². The fourth-order valence-electron chi connectivity index (χ4n) is 3.76. The Morgan fingerprint density at radius 1 is 1.26 bits per heavy atom. The third-order valence-electron chi connectivity index (χ3n) is 5.62. The molecule has 1 aliphatic heterocycles. The molecule has 7 nitrogen and oxygen atoms in total. The molecule has 2 N–H and O–H groups in total. The Morgan fingerprint density at radius 3 is 2.74 bits per heavy atom. The number of guanidine groups is 1. The summed E-state index contributed by atoms with van der Waals surface area (Å²) in [6.07, 6.45) is 7.31. The van der Waals surface area contributed by atoms with Gasteiger partial charge in [0, 0.05) is 39.8 Å². The minimum Gasteiger partial charge on any atom is -0.379 e. The topological polar surface area (TPSA) is 69.2 Å². The van der Waals surface area contributed by atoms with E-state index in [0.717, 1.165) is 57.7 Å². The molecular formula is C20H39N5O2. The number of nitrogens with zero attached hydrogens (tertiary/aromatic N) is 3. The molecule has 27 heavy (non-hydrogen) atoms. The molecule has 2 rings (SSSR count). The third kappa shape index (κ3) is 8.47. The van der Waals surface area contributed by atoms with Gasteiger partial charge in [-0.05, 0) is 31.7 Å². The number of hydrogen-bond donors (Lipinski definition) is 2. The number of aliphatic imine (C=N–C) groups is 1. The van der Waals surface area contributed by atoms with Crippen molar-refractivity contribution in [3.63, 3.8) is 0 Å². The Balaban J connectivity index is 1.80. The van der Waals surface area contributed by atoms with Crippen molar-refractivity contribution in [1.82, 2.24) is 20.4 Å². The van der Waals surface area contributed by atoms with Gasteiger partial charge in [-0.1, -0.05) is 26.2 Å². The number of likely N-dealkylation sites (N-methyl/N-ethyl adjacent to an activating group) is 1. The van der Waals surface area contributed by atoms with Crippen LogP contribution in [0.3, 0.4) is 0 Å². The molecule has 2 atom stereocenters. The number of carbonyl (C=O) groups is 1. The lowest BCUT2D eigenvalue weighted by atomic mass is 9.84. The molecule has 1 saturated carbocycles. The van der Waals surface area contributed by atoms with E-state index in [1.165, 1.54) is 32.1 Å². The summed E-state index contributed by atoms with van der Waals surface area (Å²) < 4.78 is 5.40. The van der Waals surface area contributed by atoms with Crippen LogP contribution in [0.5, 0.6) is 0 Å². The van der Waals surface area contributed by atoms with Crippen molar-refractivity contribution in [2.45, 2.75) is 51.5 Å². The predicted octanol–water partition coefficient (Wildman–Crippen LogP) is 1.30. The van der Waals surface area contributed by atoms with Crippen LogP contribution in [0, 0.1) is 5.92 Å². The Labute approximate surface area is 164 Å². The van der Waals surface area contributed by atoms with Crippen LogP contribution in [0.25, 0.3) is 0 Å². The summed E-state index contributed by atoms with van der Waals surface area (Å²) in [5, 5.41) is 7.03. The molecule has 1 heterocycles. The Hall–Kier alpha value is -1.34. The molecule has 0 aromatic heterocycles. The van der Waals surface area contributed by atoms with Crippen LogP contribution in [-0.2, 0) is 9.53 Å². The number of amides is 1. The lowest BCUT2D eigenvalue weighted by Crippen LogP contribution is -2.46. The van der Waals surface area contributed by atoms with E-state index < -0.39 is 0 Å². The van der Waals surface area contributed by atoms with E-state index in [0.29, 0.717) is 6.04 Å². The molecule has 0 radical (unpaired) electrons. The lowest BCUT2D eigenvalue weighted by molar-refractivity contribution is -0.127. The minimum atomic E-state index is 0.0273. The number of ether oxygens (including phenoxy) is 1. The van der Waals surface area contributed by atoms with Gasteiger partial charge in [-0.15, -0.1) is 0 Å². The van der Waals surface area contributed by atoms with E-state index in [-0.39, 0.29) is 12.5 Å². The van der Waals surface area contributed by atoms with Crippen LogP contribution >= 0.6 is 0 Å². The largest absolute Gasteiger partial charge is 0.379 e. The van der Waals surface area contributed by atoms with Crippen molar-refractivity contribution in [2.24, 2.45) is 10.9 Å². The molecule has 2 unspecified atom stereocenters. The monoisotopic (exact) mass is 381 g/mol. The molecule has 0 aromatic rings. The molecule has 7 heteroatoms. The van der Waals surface area contributed by atoms with Crippen LogP contribution in [0.15, 0.2) is 4.99 Å². The van der Waals surface area contributed by atoms with Crippen molar-refractivity contribution in [1.29, 1.82) is 0 Å². The third-order valence-corrected chi connectivity index (χ3v) is 5.62. The lowest BCUT2D eigenvalue weighted by Gasteiger charge is -2.30. The smallest absolute Gasteiger partial charge is 0.243 e. The van der Waals surface area contributed by atoms with Crippen molar-refractivity contribution >= 4 is 11.9 Å². The first-order valence-electron chi connectivity index (χ1n) is 10.6. The highest BCUT2D eigenvalue weighted by Crippen LogP contribution is 2.26. The fourth-order valence-corrected chi connectivity index (χ4v) is 3.76. The van der Waals surface area contributed by atoms with Gasteiger partial charge in [0.2, 0.25) is 5.91 Å². The number of rotatable bonds is 8. The maximum Gasteiger partial charge on any atom is 0.243 e. The molecule has 1 saturated heterocycles. The highest BCUT2D eigenvalue weighted by atomic mass is 16.5. The zero-order valence-electron chi connectivity index (χ0n) is 17.5. The van der Waals surface area contributed by atoms with E-state index in [4.69, 9.17) is 4.74 Å². The molecule has 1 amide bonds. The summed E-state index contributed by atoms with van der Waals surface area (Å²) in [4.78, 5) is 20.5. The summed E-state index contributed by atoms with van der Waals surface area (Å²) in [5.41, 5.74) is 0. The quantitative estimate of drug-likeness (QED) is 0.377. The second kappa shape index (κ2) is 12.2. The SMILES string of the molecule is CCC1CCCC(NC(=NCC(=O)N(C)C)NCCCN2CCOCC2)C1. The number of carbonyl (C=O) groups excluding carboxylic acids is 1. The zero-order valence-corrected chi connectivity index (χ0v) is 17.5. The Bertz CT molecular complexity index is 463. The molecule has 2 fully saturated rings. The van der Waals surface area contributed by atoms with E-state index in [1.807, 2.05) is 0 Å². The van der Waals surface area contributed by atoms with Gasteiger partial charge < -0.3 is 20.3 Å². The molecule has 2 aliphatic rings. The molecule has 0 bridgehead atoms. The average molecular weight is 382 g/mol. The molecule has 1 aliphatic carbocycles. The number of morpholine rings is 1. The van der Waals surface area contributed by atoms with Gasteiger partial charge in [-0.3, -0.25) is 9.69 Å². The summed E-state index contributed by atoms with van der Waals surface area (Å²) >= 11 is 0. The molecule has 0 aromatic carbocycles. The van der Waals surface area contributed by atoms with Crippen LogP contribution in [0.1, 0.15) is 45.4 Å². The van der Waals surface area contributed by atoms with Gasteiger partial charge in [0.1, 0.15) is 6.54 Å². The second-order valence-corrected chi connectivity index (χ2v) is 7.97. The van der Waals surface area contributed by atoms with Gasteiger partial charge in [0.25, 0.3) is 0 Å². The summed E-state index contributed by atoms with van der Waals surface area (Å²) in [5.74, 6) is 1.62. The first-order valence-corrected chi connectivity index (χ1v) is 10.6. The van der Waals surface area contributed by atoms with E-state index >= 15 is 0 Å². The Kier molecular flexibility index (Phi) is 9.91. The minimum absolute atomic E-state index is 0.0273. The van der Waals surface area contributed by atoms with Crippen LogP contribution in [0.4, 0.5) is 0 Å². The summed E-state index contributed by atoms with van der Waals surface area (Å²) in [6, 6.07) is 0.462. The first kappa shape index (κ1) is 22.0.